The molecule has 154 valence electrons. The molecule has 6 heteroatoms. The maximum atomic E-state index is 14.7. The SMILES string of the molecule is C=CC1CCC(c2ccc(-c3cc(F)c(C=CC(F)(F)F)c(F)c3)c(F)c2)CC1. The molecule has 1 aliphatic rings. The van der Waals surface area contributed by atoms with Crippen LogP contribution in [0.5, 0.6) is 0 Å². The topological polar surface area (TPSA) is 0 Å². The predicted octanol–water partition coefficient (Wildman–Crippen LogP) is 7.81. The summed E-state index contributed by atoms with van der Waals surface area (Å²) in [6, 6.07) is 6.26. The van der Waals surface area contributed by atoms with E-state index in [1.165, 1.54) is 12.1 Å². The van der Waals surface area contributed by atoms with Gasteiger partial charge in [-0.2, -0.15) is 13.2 Å². The molecule has 0 bridgehead atoms. The van der Waals surface area contributed by atoms with E-state index in [2.05, 4.69) is 6.58 Å². The summed E-state index contributed by atoms with van der Waals surface area (Å²) in [7, 11) is 0. The standard InChI is InChI=1S/C23H20F6/c1-2-14-3-5-15(6-4-14)16-7-8-18(20(24)11-16)17-12-21(25)19(22(26)13-17)9-10-23(27,28)29/h2,7-15H,1,3-6H2. The summed E-state index contributed by atoms with van der Waals surface area (Å²) in [5.74, 6) is -2.30. The van der Waals surface area contributed by atoms with Crippen LogP contribution in [0.3, 0.4) is 0 Å². The average Bonchev–Trinajstić information content (AvgIpc) is 2.66. The van der Waals surface area contributed by atoms with Crippen LogP contribution in [0.1, 0.15) is 42.7 Å². The molecule has 0 aliphatic heterocycles. The minimum absolute atomic E-state index is 0.00215. The Morgan fingerprint density at radius 2 is 1.48 bits per heavy atom. The Kier molecular flexibility index (Phi) is 6.20. The van der Waals surface area contributed by atoms with Gasteiger partial charge in [-0.25, -0.2) is 13.2 Å². The lowest BCUT2D eigenvalue weighted by Crippen LogP contribution is -2.11. The van der Waals surface area contributed by atoms with Crippen molar-refractivity contribution in [2.24, 2.45) is 5.92 Å². The van der Waals surface area contributed by atoms with Crippen LogP contribution in [-0.4, -0.2) is 6.18 Å². The first kappa shape index (κ1) is 21.2. The molecule has 0 heterocycles. The van der Waals surface area contributed by atoms with E-state index in [1.54, 1.807) is 6.07 Å². The van der Waals surface area contributed by atoms with Crippen LogP contribution in [-0.2, 0) is 0 Å². The molecule has 2 aromatic carbocycles. The largest absolute Gasteiger partial charge is 0.409 e. The third-order valence-corrected chi connectivity index (χ3v) is 5.40. The summed E-state index contributed by atoms with van der Waals surface area (Å²) in [6.45, 7) is 3.80. The molecule has 0 unspecified atom stereocenters. The van der Waals surface area contributed by atoms with Crippen molar-refractivity contribution in [3.8, 4) is 11.1 Å². The zero-order valence-electron chi connectivity index (χ0n) is 15.6. The fourth-order valence-electron chi connectivity index (χ4n) is 3.78. The minimum Gasteiger partial charge on any atom is -0.206 e. The fraction of sp³-hybridized carbons (Fsp3) is 0.304. The van der Waals surface area contributed by atoms with Crippen molar-refractivity contribution < 1.29 is 26.3 Å². The Bertz CT molecular complexity index is 894. The highest BCUT2D eigenvalue weighted by molar-refractivity contribution is 5.67. The first-order valence-corrected chi connectivity index (χ1v) is 9.35. The number of hydrogen-bond donors (Lipinski definition) is 0. The first-order valence-electron chi connectivity index (χ1n) is 9.35. The third kappa shape index (κ3) is 5.11. The molecule has 0 saturated heterocycles. The zero-order chi connectivity index (χ0) is 21.2. The molecule has 0 amide bonds. The molecule has 29 heavy (non-hydrogen) atoms. The van der Waals surface area contributed by atoms with Crippen LogP contribution in [0.25, 0.3) is 17.2 Å². The van der Waals surface area contributed by atoms with Gasteiger partial charge in [0.2, 0.25) is 0 Å². The number of allylic oxidation sites excluding steroid dienone is 2. The van der Waals surface area contributed by atoms with Crippen LogP contribution >= 0.6 is 0 Å². The van der Waals surface area contributed by atoms with E-state index in [-0.39, 0.29) is 23.1 Å². The van der Waals surface area contributed by atoms with Gasteiger partial charge in [0, 0.05) is 17.2 Å². The van der Waals surface area contributed by atoms with Crippen LogP contribution in [0, 0.1) is 23.4 Å². The molecule has 0 aromatic heterocycles. The van der Waals surface area contributed by atoms with E-state index in [1.807, 2.05) is 6.08 Å². The van der Waals surface area contributed by atoms with E-state index in [9.17, 15) is 26.3 Å². The Labute approximate surface area is 165 Å². The van der Waals surface area contributed by atoms with Crippen LogP contribution in [0.15, 0.2) is 49.1 Å². The fourth-order valence-corrected chi connectivity index (χ4v) is 3.78. The van der Waals surface area contributed by atoms with Crippen LogP contribution in [0.4, 0.5) is 26.3 Å². The van der Waals surface area contributed by atoms with Gasteiger partial charge in [-0.15, -0.1) is 6.58 Å². The smallest absolute Gasteiger partial charge is 0.206 e. The molecule has 3 rings (SSSR count). The van der Waals surface area contributed by atoms with Crippen molar-refractivity contribution >= 4 is 6.08 Å². The third-order valence-electron chi connectivity index (χ3n) is 5.40. The predicted molar refractivity (Wildman–Crippen MR) is 102 cm³/mol. The van der Waals surface area contributed by atoms with Gasteiger partial charge in [-0.1, -0.05) is 18.2 Å². The van der Waals surface area contributed by atoms with Crippen molar-refractivity contribution in [2.75, 3.05) is 0 Å². The van der Waals surface area contributed by atoms with E-state index in [0.29, 0.717) is 12.0 Å². The van der Waals surface area contributed by atoms with Crippen molar-refractivity contribution in [2.45, 2.75) is 37.8 Å². The number of alkyl halides is 3. The Morgan fingerprint density at radius 3 is 2.00 bits per heavy atom. The lowest BCUT2D eigenvalue weighted by Gasteiger charge is -2.27. The molecule has 2 aromatic rings. The maximum Gasteiger partial charge on any atom is 0.409 e. The lowest BCUT2D eigenvalue weighted by molar-refractivity contribution is -0.0790. The summed E-state index contributed by atoms with van der Waals surface area (Å²) in [5.41, 5.74) is -0.0530. The summed E-state index contributed by atoms with van der Waals surface area (Å²) in [6.07, 6.45) is 1.14. The highest BCUT2D eigenvalue weighted by atomic mass is 19.4. The normalized spacial score (nSPS) is 20.2. The molecule has 1 saturated carbocycles. The number of rotatable bonds is 4. The molecule has 1 aliphatic carbocycles. The van der Waals surface area contributed by atoms with Crippen molar-refractivity contribution in [1.82, 2.24) is 0 Å². The molecule has 1 fully saturated rings. The maximum absolute atomic E-state index is 14.7. The molecule has 0 N–H and O–H groups in total. The molecule has 0 nitrogen and oxygen atoms in total. The van der Waals surface area contributed by atoms with Crippen molar-refractivity contribution in [3.05, 3.63) is 77.6 Å². The van der Waals surface area contributed by atoms with Gasteiger partial charge in [0.05, 0.1) is 0 Å². The first-order chi connectivity index (χ1) is 13.7. The Hall–Kier alpha value is -2.50. The van der Waals surface area contributed by atoms with E-state index < -0.39 is 29.2 Å². The van der Waals surface area contributed by atoms with Gasteiger partial charge in [0.25, 0.3) is 0 Å². The van der Waals surface area contributed by atoms with Gasteiger partial charge < -0.3 is 0 Å². The van der Waals surface area contributed by atoms with Gasteiger partial charge in [0.1, 0.15) is 17.5 Å². The van der Waals surface area contributed by atoms with Crippen molar-refractivity contribution in [1.29, 1.82) is 0 Å². The molecule has 0 radical (unpaired) electrons. The highest BCUT2D eigenvalue weighted by Gasteiger charge is 2.24. The van der Waals surface area contributed by atoms with Gasteiger partial charge in [0.15, 0.2) is 0 Å². The average molecular weight is 410 g/mol. The Morgan fingerprint density at radius 1 is 0.862 bits per heavy atom. The molecular weight excluding hydrogens is 390 g/mol. The summed E-state index contributed by atoms with van der Waals surface area (Å²) in [5, 5.41) is 0. The number of benzene rings is 2. The second-order valence-corrected chi connectivity index (χ2v) is 7.32. The van der Waals surface area contributed by atoms with E-state index >= 15 is 0 Å². The van der Waals surface area contributed by atoms with E-state index in [0.717, 1.165) is 43.4 Å². The molecular formula is C23H20F6. The zero-order valence-corrected chi connectivity index (χ0v) is 15.6. The Balaban J connectivity index is 1.86. The molecule has 0 atom stereocenters. The van der Waals surface area contributed by atoms with Gasteiger partial charge in [-0.3, -0.25) is 0 Å². The number of halogens is 6. The quantitative estimate of drug-likeness (QED) is 0.356. The van der Waals surface area contributed by atoms with E-state index in [4.69, 9.17) is 0 Å². The second-order valence-electron chi connectivity index (χ2n) is 7.32. The van der Waals surface area contributed by atoms with Crippen molar-refractivity contribution in [3.63, 3.8) is 0 Å². The second kappa shape index (κ2) is 8.47. The van der Waals surface area contributed by atoms with Crippen LogP contribution < -0.4 is 0 Å². The van der Waals surface area contributed by atoms with Crippen LogP contribution in [0.2, 0.25) is 0 Å². The van der Waals surface area contributed by atoms with Gasteiger partial charge in [-0.05, 0) is 72.9 Å². The summed E-state index contributed by atoms with van der Waals surface area (Å²) >= 11 is 0. The monoisotopic (exact) mass is 410 g/mol. The minimum atomic E-state index is -4.69. The number of hydrogen-bond acceptors (Lipinski definition) is 0. The molecule has 0 spiro atoms. The summed E-state index contributed by atoms with van der Waals surface area (Å²) in [4.78, 5) is 0. The van der Waals surface area contributed by atoms with Gasteiger partial charge >= 0.3 is 6.18 Å². The summed E-state index contributed by atoms with van der Waals surface area (Å²) < 4.78 is 79.7. The highest BCUT2D eigenvalue weighted by Crippen LogP contribution is 2.38. The lowest BCUT2D eigenvalue weighted by atomic mass is 9.78.